The van der Waals surface area contributed by atoms with Crippen LogP contribution in [0, 0.1) is 12.7 Å². The summed E-state index contributed by atoms with van der Waals surface area (Å²) in [4.78, 5) is 30.8. The molecule has 3 amide bonds. The summed E-state index contributed by atoms with van der Waals surface area (Å²) in [7, 11) is 0. The van der Waals surface area contributed by atoms with Crippen LogP contribution in [0.3, 0.4) is 0 Å². The molecule has 2 saturated heterocycles. The van der Waals surface area contributed by atoms with Crippen LogP contribution in [-0.2, 0) is 17.1 Å². The minimum absolute atomic E-state index is 0.00167. The Morgan fingerprint density at radius 1 is 0.905 bits per heavy atom. The van der Waals surface area contributed by atoms with Gasteiger partial charge in [-0.15, -0.1) is 0 Å². The number of carbonyl (C=O) groups excluding carboxylic acids is 2. The van der Waals surface area contributed by atoms with Crippen LogP contribution in [0.4, 0.5) is 35.5 Å². The number of benzene rings is 2. The number of alkyl halides is 6. The SMILES string of the molecule is CC(=O)N1CCN([C@H]2CCN(C(=O)N[C@H](C)c3cc(C(F)(F)F)cc(C(F)(F)F)c3)[C@@H](c3ccc(F)cc3C)C2)CC1. The van der Waals surface area contributed by atoms with Crippen molar-refractivity contribution in [1.29, 1.82) is 0 Å². The van der Waals surface area contributed by atoms with Crippen molar-refractivity contribution in [2.24, 2.45) is 0 Å². The van der Waals surface area contributed by atoms with E-state index in [9.17, 15) is 40.3 Å². The van der Waals surface area contributed by atoms with Gasteiger partial charge in [0.05, 0.1) is 23.2 Å². The van der Waals surface area contributed by atoms with E-state index in [1.807, 2.05) is 0 Å². The first-order valence-electron chi connectivity index (χ1n) is 13.7. The summed E-state index contributed by atoms with van der Waals surface area (Å²) in [5.41, 5.74) is -1.94. The fraction of sp³-hybridized carbons (Fsp3) is 0.517. The summed E-state index contributed by atoms with van der Waals surface area (Å²) in [6.07, 6.45) is -8.97. The molecular weight excluding hydrogens is 569 g/mol. The number of rotatable bonds is 4. The number of urea groups is 1. The molecule has 1 N–H and O–H groups in total. The van der Waals surface area contributed by atoms with E-state index in [2.05, 4.69) is 10.2 Å². The predicted molar refractivity (Wildman–Crippen MR) is 141 cm³/mol. The zero-order chi connectivity index (χ0) is 31.0. The van der Waals surface area contributed by atoms with Crippen LogP contribution in [0.25, 0.3) is 0 Å². The molecule has 2 aliphatic rings. The van der Waals surface area contributed by atoms with E-state index in [4.69, 9.17) is 0 Å². The Labute approximate surface area is 239 Å². The summed E-state index contributed by atoms with van der Waals surface area (Å²) >= 11 is 0. The van der Waals surface area contributed by atoms with Gasteiger partial charge in [0.15, 0.2) is 0 Å². The van der Waals surface area contributed by atoms with Gasteiger partial charge in [-0.25, -0.2) is 9.18 Å². The molecule has 230 valence electrons. The van der Waals surface area contributed by atoms with Crippen molar-refractivity contribution in [3.05, 3.63) is 70.0 Å². The van der Waals surface area contributed by atoms with Gasteiger partial charge in [0.25, 0.3) is 0 Å². The van der Waals surface area contributed by atoms with Crippen LogP contribution < -0.4 is 5.32 Å². The number of carbonyl (C=O) groups is 2. The van der Waals surface area contributed by atoms with E-state index in [-0.39, 0.29) is 30.1 Å². The van der Waals surface area contributed by atoms with E-state index in [1.54, 1.807) is 17.9 Å². The zero-order valence-electron chi connectivity index (χ0n) is 23.4. The molecular formula is C29H33F7N4O2. The molecule has 2 heterocycles. The fourth-order valence-electron chi connectivity index (χ4n) is 5.81. The highest BCUT2D eigenvalue weighted by Gasteiger charge is 2.39. The second-order valence-electron chi connectivity index (χ2n) is 10.9. The molecule has 0 aromatic heterocycles. The van der Waals surface area contributed by atoms with Crippen molar-refractivity contribution in [3.8, 4) is 0 Å². The largest absolute Gasteiger partial charge is 0.416 e. The Balaban J connectivity index is 1.58. The molecule has 0 saturated carbocycles. The van der Waals surface area contributed by atoms with Crippen molar-refractivity contribution in [2.45, 2.75) is 64.1 Å². The van der Waals surface area contributed by atoms with E-state index < -0.39 is 47.4 Å². The summed E-state index contributed by atoms with van der Waals surface area (Å²) in [5, 5.41) is 2.59. The third kappa shape index (κ3) is 7.16. The maximum atomic E-state index is 13.9. The average Bonchev–Trinajstić information content (AvgIpc) is 2.91. The van der Waals surface area contributed by atoms with Crippen molar-refractivity contribution in [1.82, 2.24) is 20.0 Å². The van der Waals surface area contributed by atoms with E-state index in [0.717, 1.165) is 0 Å². The first kappa shape index (κ1) is 31.6. The quantitative estimate of drug-likeness (QED) is 0.418. The van der Waals surface area contributed by atoms with E-state index in [0.29, 0.717) is 62.3 Å². The molecule has 42 heavy (non-hydrogen) atoms. The molecule has 2 aromatic carbocycles. The van der Waals surface area contributed by atoms with E-state index >= 15 is 0 Å². The maximum Gasteiger partial charge on any atom is 0.416 e. The fourth-order valence-corrected chi connectivity index (χ4v) is 5.81. The number of halogens is 7. The number of likely N-dealkylation sites (tertiary alicyclic amines) is 1. The van der Waals surface area contributed by atoms with Crippen molar-refractivity contribution >= 4 is 11.9 Å². The number of aryl methyl sites for hydroxylation is 1. The minimum atomic E-state index is -5.01. The molecule has 2 aliphatic heterocycles. The molecule has 0 bridgehead atoms. The number of hydrogen-bond acceptors (Lipinski definition) is 3. The van der Waals surface area contributed by atoms with Gasteiger partial charge in [-0.2, -0.15) is 26.3 Å². The second-order valence-corrected chi connectivity index (χ2v) is 10.9. The monoisotopic (exact) mass is 602 g/mol. The lowest BCUT2D eigenvalue weighted by molar-refractivity contribution is -0.143. The molecule has 6 nitrogen and oxygen atoms in total. The lowest BCUT2D eigenvalue weighted by atomic mass is 9.88. The number of amides is 3. The number of hydrogen-bond donors (Lipinski definition) is 1. The van der Waals surface area contributed by atoms with Gasteiger partial charge in [-0.3, -0.25) is 9.69 Å². The maximum absolute atomic E-state index is 13.9. The van der Waals surface area contributed by atoms with Crippen LogP contribution in [0.1, 0.15) is 66.6 Å². The van der Waals surface area contributed by atoms with Crippen LogP contribution in [0.5, 0.6) is 0 Å². The molecule has 0 spiro atoms. The standard InChI is InChI=1S/C29H33F7N4O2/c1-17-12-23(30)4-5-25(17)26-16-24(39-10-8-38(9-11-39)19(3)41)6-7-40(26)27(42)37-18(2)20-13-21(28(31,32)33)15-22(14-20)29(34,35)36/h4-5,12-15,18,24,26H,6-11,16H2,1-3H3,(H,37,42)/t18-,24+,26-/m1/s1. The Kier molecular flexibility index (Phi) is 9.10. The third-order valence-corrected chi connectivity index (χ3v) is 8.15. The molecule has 0 aliphatic carbocycles. The van der Waals surface area contributed by atoms with Crippen molar-refractivity contribution in [2.75, 3.05) is 32.7 Å². The Hall–Kier alpha value is -3.35. The third-order valence-electron chi connectivity index (χ3n) is 8.15. The lowest BCUT2D eigenvalue weighted by Crippen LogP contribution is -2.56. The smallest absolute Gasteiger partial charge is 0.340 e. The highest BCUT2D eigenvalue weighted by molar-refractivity contribution is 5.75. The normalized spacial score (nSPS) is 21.3. The Bertz CT molecular complexity index is 1270. The van der Waals surface area contributed by atoms with Gasteiger partial charge in [0, 0.05) is 45.7 Å². The summed E-state index contributed by atoms with van der Waals surface area (Å²) in [5.74, 6) is -0.447. The topological polar surface area (TPSA) is 55.9 Å². The zero-order valence-corrected chi connectivity index (χ0v) is 23.4. The number of piperidine rings is 1. The molecule has 13 heteroatoms. The summed E-state index contributed by atoms with van der Waals surface area (Å²) < 4.78 is 94.3. The Morgan fingerprint density at radius 2 is 1.50 bits per heavy atom. The highest BCUT2D eigenvalue weighted by atomic mass is 19.4. The molecule has 0 unspecified atom stereocenters. The minimum Gasteiger partial charge on any atom is -0.340 e. The first-order chi connectivity index (χ1) is 19.5. The van der Waals surface area contributed by atoms with Crippen LogP contribution in [0.2, 0.25) is 0 Å². The molecule has 0 radical (unpaired) electrons. The van der Waals surface area contributed by atoms with Crippen molar-refractivity contribution in [3.63, 3.8) is 0 Å². The van der Waals surface area contributed by atoms with Gasteiger partial charge in [0.1, 0.15) is 5.82 Å². The summed E-state index contributed by atoms with van der Waals surface area (Å²) in [6, 6.07) is 3.20. The highest BCUT2D eigenvalue weighted by Crippen LogP contribution is 2.39. The van der Waals surface area contributed by atoms with Gasteiger partial charge in [-0.05, 0) is 73.7 Å². The average molecular weight is 603 g/mol. The number of piperazine rings is 1. The molecule has 2 fully saturated rings. The predicted octanol–water partition coefficient (Wildman–Crippen LogP) is 6.31. The van der Waals surface area contributed by atoms with Crippen LogP contribution in [-0.4, -0.2) is 65.4 Å². The number of nitrogens with zero attached hydrogens (tertiary/aromatic N) is 3. The number of nitrogens with one attached hydrogen (secondary N) is 1. The van der Waals surface area contributed by atoms with E-state index in [1.165, 1.54) is 30.9 Å². The lowest BCUT2D eigenvalue weighted by Gasteiger charge is -2.46. The van der Waals surface area contributed by atoms with Crippen molar-refractivity contribution < 1.29 is 40.3 Å². The Morgan fingerprint density at radius 3 is 2.02 bits per heavy atom. The van der Waals surface area contributed by atoms with Gasteiger partial charge in [0.2, 0.25) is 5.91 Å². The molecule has 3 atom stereocenters. The van der Waals surface area contributed by atoms with Gasteiger partial charge in [-0.1, -0.05) is 6.07 Å². The molecule has 4 rings (SSSR count). The summed E-state index contributed by atoms with van der Waals surface area (Å²) in [6.45, 7) is 7.27. The van der Waals surface area contributed by atoms with Gasteiger partial charge >= 0.3 is 18.4 Å². The first-order valence-corrected chi connectivity index (χ1v) is 13.7. The molecule has 2 aromatic rings. The van der Waals surface area contributed by atoms with Crippen LogP contribution in [0.15, 0.2) is 36.4 Å². The second kappa shape index (κ2) is 12.1. The van der Waals surface area contributed by atoms with Gasteiger partial charge < -0.3 is 15.1 Å². The van der Waals surface area contributed by atoms with Crippen LogP contribution >= 0.6 is 0 Å².